The lowest BCUT2D eigenvalue weighted by Crippen LogP contribution is -2.42. The van der Waals surface area contributed by atoms with Gasteiger partial charge in [-0.25, -0.2) is 8.78 Å². The van der Waals surface area contributed by atoms with Gasteiger partial charge in [0.15, 0.2) is 17.4 Å². The largest absolute Gasteiger partial charge is 0.496 e. The molecule has 1 aliphatic rings. The minimum Gasteiger partial charge on any atom is -0.496 e. The van der Waals surface area contributed by atoms with Gasteiger partial charge in [-0.1, -0.05) is 12.1 Å². The van der Waals surface area contributed by atoms with Crippen molar-refractivity contribution in [1.29, 1.82) is 0 Å². The Bertz CT molecular complexity index is 838. The normalized spacial score (nSPS) is 17.0. The van der Waals surface area contributed by atoms with Gasteiger partial charge in [0.05, 0.1) is 12.7 Å². The first-order chi connectivity index (χ1) is 12.5. The van der Waals surface area contributed by atoms with Crippen LogP contribution in [0.1, 0.15) is 33.6 Å². The van der Waals surface area contributed by atoms with E-state index in [9.17, 15) is 18.4 Å². The summed E-state index contributed by atoms with van der Waals surface area (Å²) in [5, 5.41) is 0. The molecule has 2 aromatic rings. The fourth-order valence-corrected chi connectivity index (χ4v) is 3.26. The van der Waals surface area contributed by atoms with Crippen LogP contribution in [0.2, 0.25) is 0 Å². The molecule has 1 amide bonds. The van der Waals surface area contributed by atoms with Crippen molar-refractivity contribution in [2.24, 2.45) is 5.92 Å². The van der Waals surface area contributed by atoms with Crippen LogP contribution in [0.25, 0.3) is 0 Å². The van der Waals surface area contributed by atoms with Crippen molar-refractivity contribution in [2.75, 3.05) is 20.2 Å². The number of piperidine rings is 1. The summed E-state index contributed by atoms with van der Waals surface area (Å²) in [5.41, 5.74) is 0.566. The summed E-state index contributed by atoms with van der Waals surface area (Å²) >= 11 is 0. The van der Waals surface area contributed by atoms with Crippen molar-refractivity contribution >= 4 is 11.7 Å². The summed E-state index contributed by atoms with van der Waals surface area (Å²) < 4.78 is 31.7. The number of carbonyl (C=O) groups excluding carboxylic acids is 2. The maximum atomic E-state index is 13.4. The highest BCUT2D eigenvalue weighted by Crippen LogP contribution is 2.27. The molecule has 0 spiro atoms. The smallest absolute Gasteiger partial charge is 0.253 e. The van der Waals surface area contributed by atoms with Crippen molar-refractivity contribution in [3.8, 4) is 5.75 Å². The number of para-hydroxylation sites is 1. The molecule has 2 aromatic carbocycles. The Labute approximate surface area is 150 Å². The number of halogens is 2. The van der Waals surface area contributed by atoms with Gasteiger partial charge >= 0.3 is 0 Å². The molecule has 0 N–H and O–H groups in total. The van der Waals surface area contributed by atoms with E-state index in [1.54, 1.807) is 24.3 Å². The summed E-state index contributed by atoms with van der Waals surface area (Å²) in [4.78, 5) is 27.0. The number of nitrogens with zero attached hydrogens (tertiary/aromatic N) is 1. The monoisotopic (exact) mass is 359 g/mol. The minimum absolute atomic E-state index is 0.0780. The zero-order chi connectivity index (χ0) is 18.7. The molecule has 1 heterocycles. The van der Waals surface area contributed by atoms with E-state index in [-0.39, 0.29) is 23.8 Å². The van der Waals surface area contributed by atoms with Gasteiger partial charge in [-0.15, -0.1) is 0 Å². The fraction of sp³-hybridized carbons (Fsp3) is 0.300. The van der Waals surface area contributed by atoms with Crippen LogP contribution in [-0.4, -0.2) is 36.8 Å². The van der Waals surface area contributed by atoms with Gasteiger partial charge in [0.25, 0.3) is 5.91 Å². The maximum Gasteiger partial charge on any atom is 0.253 e. The van der Waals surface area contributed by atoms with Crippen molar-refractivity contribution in [3.05, 3.63) is 65.2 Å². The van der Waals surface area contributed by atoms with Crippen LogP contribution in [0.5, 0.6) is 5.75 Å². The van der Waals surface area contributed by atoms with E-state index in [0.29, 0.717) is 30.7 Å². The molecular formula is C20H19F2NO3. The molecule has 1 fully saturated rings. The number of benzene rings is 2. The lowest BCUT2D eigenvalue weighted by molar-refractivity contribution is 0.0635. The number of ketones is 1. The Balaban J connectivity index is 1.77. The van der Waals surface area contributed by atoms with Crippen LogP contribution >= 0.6 is 0 Å². The highest BCUT2D eigenvalue weighted by atomic mass is 19.2. The van der Waals surface area contributed by atoms with Gasteiger partial charge < -0.3 is 9.64 Å². The number of Topliss-reactive ketones (excluding diaryl/α,β-unsaturated/α-hetero) is 1. The first-order valence-electron chi connectivity index (χ1n) is 8.43. The molecule has 0 aromatic heterocycles. The average molecular weight is 359 g/mol. The number of methoxy groups -OCH3 is 1. The third kappa shape index (κ3) is 3.59. The molecule has 3 rings (SSSR count). The number of hydrogen-bond acceptors (Lipinski definition) is 3. The van der Waals surface area contributed by atoms with Crippen LogP contribution < -0.4 is 4.74 Å². The maximum absolute atomic E-state index is 13.4. The van der Waals surface area contributed by atoms with Crippen LogP contribution in [0.3, 0.4) is 0 Å². The zero-order valence-electron chi connectivity index (χ0n) is 14.4. The van der Waals surface area contributed by atoms with Crippen molar-refractivity contribution < 1.29 is 23.1 Å². The second kappa shape index (κ2) is 7.64. The number of carbonyl (C=O) groups is 2. The Hall–Kier alpha value is -2.76. The molecule has 4 nitrogen and oxygen atoms in total. The van der Waals surface area contributed by atoms with Crippen LogP contribution in [-0.2, 0) is 0 Å². The van der Waals surface area contributed by atoms with E-state index in [1.807, 2.05) is 0 Å². The number of likely N-dealkylation sites (tertiary alicyclic amines) is 1. The molecule has 0 saturated carbocycles. The van der Waals surface area contributed by atoms with Crippen molar-refractivity contribution in [2.45, 2.75) is 12.8 Å². The summed E-state index contributed by atoms with van der Waals surface area (Å²) in [6, 6.07) is 10.1. The number of amides is 1. The quantitative estimate of drug-likeness (QED) is 0.782. The fourth-order valence-electron chi connectivity index (χ4n) is 3.26. The first-order valence-corrected chi connectivity index (χ1v) is 8.43. The van der Waals surface area contributed by atoms with Gasteiger partial charge in [0.2, 0.25) is 0 Å². The molecule has 1 atom stereocenters. The van der Waals surface area contributed by atoms with E-state index in [0.717, 1.165) is 12.1 Å². The Kier molecular flexibility index (Phi) is 5.30. The second-order valence-corrected chi connectivity index (χ2v) is 6.28. The molecule has 26 heavy (non-hydrogen) atoms. The minimum atomic E-state index is -1.06. The number of ether oxygens (including phenoxy) is 1. The SMILES string of the molecule is COc1ccccc1C(=O)C1CCCN(C(=O)c2ccc(F)c(F)c2)C1. The van der Waals surface area contributed by atoms with Crippen LogP contribution in [0, 0.1) is 17.6 Å². The van der Waals surface area contributed by atoms with Gasteiger partial charge in [0.1, 0.15) is 5.75 Å². The molecule has 1 aliphatic heterocycles. The van der Waals surface area contributed by atoms with Gasteiger partial charge in [-0.05, 0) is 43.2 Å². The molecule has 1 unspecified atom stereocenters. The average Bonchev–Trinajstić information content (AvgIpc) is 2.69. The third-order valence-corrected chi connectivity index (χ3v) is 4.62. The predicted molar refractivity (Wildman–Crippen MR) is 92.3 cm³/mol. The Morgan fingerprint density at radius 2 is 1.88 bits per heavy atom. The van der Waals surface area contributed by atoms with E-state index < -0.39 is 17.5 Å². The molecule has 0 aliphatic carbocycles. The summed E-state index contributed by atoms with van der Waals surface area (Å²) in [6.45, 7) is 0.724. The van der Waals surface area contributed by atoms with E-state index in [1.165, 1.54) is 18.1 Å². The van der Waals surface area contributed by atoms with Gasteiger partial charge in [0, 0.05) is 24.6 Å². The third-order valence-electron chi connectivity index (χ3n) is 4.62. The molecular weight excluding hydrogens is 340 g/mol. The van der Waals surface area contributed by atoms with Crippen LogP contribution in [0.4, 0.5) is 8.78 Å². The lowest BCUT2D eigenvalue weighted by atomic mass is 9.89. The highest BCUT2D eigenvalue weighted by Gasteiger charge is 2.30. The number of rotatable bonds is 4. The highest BCUT2D eigenvalue weighted by molar-refractivity contribution is 6.01. The summed E-state index contributed by atoms with van der Waals surface area (Å²) in [5.74, 6) is -2.39. The van der Waals surface area contributed by atoms with Crippen LogP contribution in [0.15, 0.2) is 42.5 Å². The zero-order valence-corrected chi connectivity index (χ0v) is 14.4. The van der Waals surface area contributed by atoms with Gasteiger partial charge in [-0.2, -0.15) is 0 Å². The second-order valence-electron chi connectivity index (χ2n) is 6.28. The summed E-state index contributed by atoms with van der Waals surface area (Å²) in [6.07, 6.45) is 1.33. The van der Waals surface area contributed by atoms with E-state index in [4.69, 9.17) is 4.74 Å². The number of hydrogen-bond donors (Lipinski definition) is 0. The lowest BCUT2D eigenvalue weighted by Gasteiger charge is -2.32. The molecule has 1 saturated heterocycles. The molecule has 0 bridgehead atoms. The Morgan fingerprint density at radius 1 is 1.12 bits per heavy atom. The standard InChI is InChI=1S/C20H19F2NO3/c1-26-18-7-3-2-6-15(18)19(24)14-5-4-10-23(12-14)20(25)13-8-9-16(21)17(22)11-13/h2-3,6-9,11,14H,4-5,10,12H2,1H3. The molecule has 136 valence electrons. The van der Waals surface area contributed by atoms with Gasteiger partial charge in [-0.3, -0.25) is 9.59 Å². The predicted octanol–water partition coefficient (Wildman–Crippen LogP) is 3.71. The van der Waals surface area contributed by atoms with Crippen molar-refractivity contribution in [1.82, 2.24) is 4.90 Å². The Morgan fingerprint density at radius 3 is 2.62 bits per heavy atom. The topological polar surface area (TPSA) is 46.6 Å². The molecule has 6 heteroatoms. The summed E-state index contributed by atoms with van der Waals surface area (Å²) in [7, 11) is 1.51. The molecule has 0 radical (unpaired) electrons. The van der Waals surface area contributed by atoms with E-state index >= 15 is 0 Å². The van der Waals surface area contributed by atoms with E-state index in [2.05, 4.69) is 0 Å². The first kappa shape index (κ1) is 18.0. The van der Waals surface area contributed by atoms with Crippen molar-refractivity contribution in [3.63, 3.8) is 0 Å².